The second-order valence-corrected chi connectivity index (χ2v) is 10.2. The fourth-order valence-electron chi connectivity index (χ4n) is 4.22. The average molecular weight is 617 g/mol. The van der Waals surface area contributed by atoms with E-state index in [0.717, 1.165) is 12.1 Å². The SMILES string of the molecule is COCn1c(C(=O)Nc2cccc(OC(F)(F)F)c2)cc2cc(NC(=O)c3cc(CNC(=O)C(C)C)ccc3Cl)ccc21. The lowest BCUT2D eigenvalue weighted by Gasteiger charge is -2.12. The first-order valence-corrected chi connectivity index (χ1v) is 13.4. The molecular weight excluding hydrogens is 589 g/mol. The van der Waals surface area contributed by atoms with Gasteiger partial charge in [0, 0.05) is 42.4 Å². The number of benzene rings is 3. The molecule has 0 unspecified atom stereocenters. The first-order valence-electron chi connectivity index (χ1n) is 13.0. The Bertz CT molecular complexity index is 1670. The van der Waals surface area contributed by atoms with Crippen LogP contribution in [0.5, 0.6) is 5.75 Å². The summed E-state index contributed by atoms with van der Waals surface area (Å²) in [5, 5.41) is 8.99. The van der Waals surface area contributed by atoms with Crippen molar-refractivity contribution in [3.63, 3.8) is 0 Å². The minimum absolute atomic E-state index is 0.00489. The van der Waals surface area contributed by atoms with Gasteiger partial charge in [0.15, 0.2) is 0 Å². The Labute approximate surface area is 249 Å². The van der Waals surface area contributed by atoms with Crippen LogP contribution in [-0.4, -0.2) is 35.8 Å². The fraction of sp³-hybridized carbons (Fsp3) is 0.233. The van der Waals surface area contributed by atoms with Crippen molar-refractivity contribution in [1.82, 2.24) is 9.88 Å². The van der Waals surface area contributed by atoms with E-state index in [9.17, 15) is 27.6 Å². The minimum atomic E-state index is -4.88. The predicted octanol–water partition coefficient (Wildman–Crippen LogP) is 6.57. The van der Waals surface area contributed by atoms with Crippen LogP contribution in [-0.2, 0) is 22.8 Å². The Morgan fingerprint density at radius 1 is 0.930 bits per heavy atom. The van der Waals surface area contributed by atoms with Gasteiger partial charge >= 0.3 is 6.36 Å². The zero-order valence-electron chi connectivity index (χ0n) is 23.3. The Balaban J connectivity index is 1.55. The van der Waals surface area contributed by atoms with Gasteiger partial charge in [0.05, 0.1) is 16.1 Å². The third-order valence-electron chi connectivity index (χ3n) is 6.24. The Hall–Kier alpha value is -4.55. The molecule has 0 bridgehead atoms. The molecule has 1 aromatic heterocycles. The molecule has 43 heavy (non-hydrogen) atoms. The lowest BCUT2D eigenvalue weighted by atomic mass is 10.1. The maximum Gasteiger partial charge on any atom is 0.573 e. The van der Waals surface area contributed by atoms with E-state index in [1.54, 1.807) is 60.9 Å². The van der Waals surface area contributed by atoms with Crippen molar-refractivity contribution >= 4 is 51.6 Å². The zero-order chi connectivity index (χ0) is 31.3. The van der Waals surface area contributed by atoms with E-state index < -0.39 is 23.9 Å². The number of anilines is 2. The Kier molecular flexibility index (Phi) is 9.62. The molecule has 9 nitrogen and oxygen atoms in total. The molecule has 3 N–H and O–H groups in total. The molecule has 0 atom stereocenters. The highest BCUT2D eigenvalue weighted by Crippen LogP contribution is 2.28. The van der Waals surface area contributed by atoms with Gasteiger partial charge in [-0.25, -0.2) is 0 Å². The van der Waals surface area contributed by atoms with Crippen LogP contribution in [0, 0.1) is 5.92 Å². The number of carbonyl (C=O) groups is 3. The number of alkyl halides is 3. The molecule has 0 radical (unpaired) electrons. The second-order valence-electron chi connectivity index (χ2n) is 9.82. The molecule has 0 aliphatic heterocycles. The van der Waals surface area contributed by atoms with Crippen molar-refractivity contribution in [1.29, 1.82) is 0 Å². The van der Waals surface area contributed by atoms with Gasteiger partial charge in [-0.3, -0.25) is 14.4 Å². The van der Waals surface area contributed by atoms with Crippen molar-refractivity contribution in [2.75, 3.05) is 17.7 Å². The normalized spacial score (nSPS) is 11.4. The molecule has 13 heteroatoms. The van der Waals surface area contributed by atoms with Gasteiger partial charge in [-0.2, -0.15) is 0 Å². The van der Waals surface area contributed by atoms with E-state index in [2.05, 4.69) is 20.7 Å². The molecule has 1 heterocycles. The number of nitrogens with zero attached hydrogens (tertiary/aromatic N) is 1. The van der Waals surface area contributed by atoms with Crippen LogP contribution in [0.1, 0.15) is 40.3 Å². The van der Waals surface area contributed by atoms with Gasteiger partial charge in [-0.1, -0.05) is 37.6 Å². The molecule has 4 rings (SSSR count). The van der Waals surface area contributed by atoms with Gasteiger partial charge in [0.1, 0.15) is 18.2 Å². The first kappa shape index (κ1) is 31.4. The standard InChI is InChI=1S/C30H28ClF3N4O5/c1-17(2)27(39)35-15-18-7-9-24(31)23(11-18)28(40)36-21-8-10-25-19(12-21)13-26(38(25)16-42-3)29(41)37-20-5-4-6-22(14-20)43-30(32,33)34/h4-14,17H,15-16H2,1-3H3,(H,35,39)(H,36,40)(H,37,41). The highest BCUT2D eigenvalue weighted by molar-refractivity contribution is 6.34. The summed E-state index contributed by atoms with van der Waals surface area (Å²) in [6, 6.07) is 16.4. The molecule has 3 aromatic carbocycles. The summed E-state index contributed by atoms with van der Waals surface area (Å²) >= 11 is 6.29. The van der Waals surface area contributed by atoms with E-state index in [0.29, 0.717) is 22.2 Å². The van der Waals surface area contributed by atoms with E-state index in [4.69, 9.17) is 16.3 Å². The highest BCUT2D eigenvalue weighted by Gasteiger charge is 2.31. The number of halogens is 4. The topological polar surface area (TPSA) is 111 Å². The Morgan fingerprint density at radius 2 is 1.65 bits per heavy atom. The molecule has 0 saturated heterocycles. The van der Waals surface area contributed by atoms with Gasteiger partial charge in [0.2, 0.25) is 5.91 Å². The molecule has 3 amide bonds. The van der Waals surface area contributed by atoms with Crippen LogP contribution in [0.3, 0.4) is 0 Å². The van der Waals surface area contributed by atoms with Crippen LogP contribution in [0.2, 0.25) is 5.02 Å². The monoisotopic (exact) mass is 616 g/mol. The number of methoxy groups -OCH3 is 1. The number of hydrogen-bond donors (Lipinski definition) is 3. The summed E-state index contributed by atoms with van der Waals surface area (Å²) in [7, 11) is 1.45. The molecule has 0 aliphatic carbocycles. The molecule has 226 valence electrons. The number of carbonyl (C=O) groups excluding carboxylic acids is 3. The van der Waals surface area contributed by atoms with Gasteiger partial charge in [-0.05, 0) is 54.1 Å². The lowest BCUT2D eigenvalue weighted by Crippen LogP contribution is -2.27. The van der Waals surface area contributed by atoms with Crippen LogP contribution < -0.4 is 20.7 Å². The molecule has 0 aliphatic rings. The minimum Gasteiger partial charge on any atom is -0.406 e. The van der Waals surface area contributed by atoms with Crippen LogP contribution in [0.4, 0.5) is 24.5 Å². The number of rotatable bonds is 10. The van der Waals surface area contributed by atoms with Crippen molar-refractivity contribution in [2.45, 2.75) is 33.5 Å². The van der Waals surface area contributed by atoms with Crippen molar-refractivity contribution in [2.24, 2.45) is 5.92 Å². The summed E-state index contributed by atoms with van der Waals surface area (Å²) in [6.45, 7) is 3.80. The third kappa shape index (κ3) is 8.05. The molecule has 0 spiro atoms. The van der Waals surface area contributed by atoms with E-state index in [1.807, 2.05) is 0 Å². The number of aromatic nitrogens is 1. The van der Waals surface area contributed by atoms with E-state index in [1.165, 1.54) is 19.2 Å². The van der Waals surface area contributed by atoms with Gasteiger partial charge < -0.3 is 30.0 Å². The lowest BCUT2D eigenvalue weighted by molar-refractivity contribution is -0.274. The number of nitrogens with one attached hydrogen (secondary N) is 3. The first-order chi connectivity index (χ1) is 20.3. The van der Waals surface area contributed by atoms with Crippen molar-refractivity contribution in [3.05, 3.63) is 88.6 Å². The summed E-state index contributed by atoms with van der Waals surface area (Å²) in [6.07, 6.45) is -4.88. The summed E-state index contributed by atoms with van der Waals surface area (Å²) in [5.74, 6) is -1.85. The number of ether oxygens (including phenoxy) is 2. The van der Waals surface area contributed by atoms with Gasteiger partial charge in [0.25, 0.3) is 11.8 Å². The summed E-state index contributed by atoms with van der Waals surface area (Å²) in [4.78, 5) is 38.2. The molecule has 0 saturated carbocycles. The number of amides is 3. The molecule has 0 fully saturated rings. The van der Waals surface area contributed by atoms with E-state index in [-0.39, 0.29) is 47.1 Å². The number of hydrogen-bond acceptors (Lipinski definition) is 5. The predicted molar refractivity (Wildman–Crippen MR) is 156 cm³/mol. The average Bonchev–Trinajstić information content (AvgIpc) is 3.29. The number of fused-ring (bicyclic) bond motifs is 1. The summed E-state index contributed by atoms with van der Waals surface area (Å²) < 4.78 is 48.6. The highest BCUT2D eigenvalue weighted by atomic mass is 35.5. The molecular formula is C30H28ClF3N4O5. The fourth-order valence-corrected chi connectivity index (χ4v) is 4.42. The van der Waals surface area contributed by atoms with Crippen LogP contribution in [0.15, 0.2) is 66.7 Å². The van der Waals surface area contributed by atoms with Crippen molar-refractivity contribution < 1.29 is 37.0 Å². The smallest absolute Gasteiger partial charge is 0.406 e. The quantitative estimate of drug-likeness (QED) is 0.187. The van der Waals surface area contributed by atoms with Crippen LogP contribution in [0.25, 0.3) is 10.9 Å². The summed E-state index contributed by atoms with van der Waals surface area (Å²) in [5.41, 5.74) is 2.21. The maximum absolute atomic E-state index is 13.2. The van der Waals surface area contributed by atoms with Crippen molar-refractivity contribution in [3.8, 4) is 5.75 Å². The Morgan fingerprint density at radius 3 is 2.35 bits per heavy atom. The zero-order valence-corrected chi connectivity index (χ0v) is 24.1. The van der Waals surface area contributed by atoms with E-state index >= 15 is 0 Å². The third-order valence-corrected chi connectivity index (χ3v) is 6.57. The molecule has 4 aromatic rings. The second kappa shape index (κ2) is 13.2. The van der Waals surface area contributed by atoms with Crippen LogP contribution >= 0.6 is 11.6 Å². The van der Waals surface area contributed by atoms with Gasteiger partial charge in [-0.15, -0.1) is 13.2 Å². The largest absolute Gasteiger partial charge is 0.573 e. The maximum atomic E-state index is 13.2.